The number of rotatable bonds is 6. The van der Waals surface area contributed by atoms with Crippen molar-refractivity contribution in [1.29, 1.82) is 0 Å². The minimum atomic E-state index is -3.10. The van der Waals surface area contributed by atoms with Gasteiger partial charge in [0.2, 0.25) is 11.8 Å². The van der Waals surface area contributed by atoms with Gasteiger partial charge in [-0.3, -0.25) is 0 Å². The lowest BCUT2D eigenvalue weighted by Crippen LogP contribution is -2.35. The molecule has 2 aromatic heterocycles. The largest absolute Gasteiger partial charge is 0.490 e. The van der Waals surface area contributed by atoms with Gasteiger partial charge in [-0.05, 0) is 25.2 Å². The fourth-order valence-electron chi connectivity index (χ4n) is 3.54. The van der Waals surface area contributed by atoms with Gasteiger partial charge in [-0.15, -0.1) is 0 Å². The van der Waals surface area contributed by atoms with Crippen molar-refractivity contribution in [2.45, 2.75) is 38.2 Å². The second-order valence-electron chi connectivity index (χ2n) is 7.74. The molecule has 0 aromatic carbocycles. The Balaban J connectivity index is 1.23. The van der Waals surface area contributed by atoms with E-state index in [0.717, 1.165) is 39.3 Å². The molecule has 1 unspecified atom stereocenters. The SMILES string of the molecule is CC(F)(F)c1noc(N2CCC(COc3cnc(N4CCC(N)C4)nc3)CC2)n1. The molecule has 2 N–H and O–H groups in total. The number of anilines is 2. The summed E-state index contributed by atoms with van der Waals surface area (Å²) in [7, 11) is 0. The van der Waals surface area contributed by atoms with Crippen LogP contribution in [0.5, 0.6) is 5.75 Å². The summed E-state index contributed by atoms with van der Waals surface area (Å²) >= 11 is 0. The van der Waals surface area contributed by atoms with Gasteiger partial charge in [-0.25, -0.2) is 9.97 Å². The van der Waals surface area contributed by atoms with Crippen molar-refractivity contribution in [1.82, 2.24) is 20.1 Å². The van der Waals surface area contributed by atoms with Crippen molar-refractivity contribution in [2.24, 2.45) is 11.7 Å². The predicted octanol–water partition coefficient (Wildman–Crippen LogP) is 1.80. The molecule has 2 aliphatic heterocycles. The second-order valence-corrected chi connectivity index (χ2v) is 7.74. The van der Waals surface area contributed by atoms with E-state index < -0.39 is 11.7 Å². The van der Waals surface area contributed by atoms with Crippen molar-refractivity contribution in [2.75, 3.05) is 42.6 Å². The Morgan fingerprint density at radius 2 is 1.86 bits per heavy atom. The first-order valence-electron chi connectivity index (χ1n) is 9.81. The van der Waals surface area contributed by atoms with Crippen LogP contribution < -0.4 is 20.3 Å². The van der Waals surface area contributed by atoms with Gasteiger partial charge in [0.25, 0.3) is 0 Å². The van der Waals surface area contributed by atoms with Gasteiger partial charge < -0.3 is 24.8 Å². The Bertz CT molecular complexity index is 803. The maximum absolute atomic E-state index is 13.3. The van der Waals surface area contributed by atoms with Crippen LogP contribution in [0.4, 0.5) is 20.7 Å². The first-order chi connectivity index (χ1) is 13.9. The molecule has 158 valence electrons. The Morgan fingerprint density at radius 1 is 1.17 bits per heavy atom. The molecule has 9 nitrogen and oxygen atoms in total. The number of alkyl halides is 2. The van der Waals surface area contributed by atoms with Gasteiger partial charge in [0.05, 0.1) is 19.0 Å². The Kier molecular flexibility index (Phi) is 5.48. The number of ether oxygens (including phenoxy) is 1. The summed E-state index contributed by atoms with van der Waals surface area (Å²) in [6.07, 6.45) is 6.00. The quantitative estimate of drug-likeness (QED) is 0.764. The van der Waals surface area contributed by atoms with Crippen molar-refractivity contribution < 1.29 is 18.0 Å². The average molecular weight is 409 g/mol. The fourth-order valence-corrected chi connectivity index (χ4v) is 3.54. The smallest absolute Gasteiger partial charge is 0.324 e. The summed E-state index contributed by atoms with van der Waals surface area (Å²) in [5, 5.41) is 3.37. The van der Waals surface area contributed by atoms with Crippen molar-refractivity contribution >= 4 is 12.0 Å². The normalized spacial score (nSPS) is 21.0. The Labute approximate surface area is 167 Å². The van der Waals surface area contributed by atoms with Crippen LogP contribution in [0.3, 0.4) is 0 Å². The van der Waals surface area contributed by atoms with E-state index in [4.69, 9.17) is 15.0 Å². The number of halogens is 2. The van der Waals surface area contributed by atoms with Crippen LogP contribution in [0.15, 0.2) is 16.9 Å². The van der Waals surface area contributed by atoms with Crippen LogP contribution in [0.25, 0.3) is 0 Å². The zero-order chi connectivity index (χ0) is 20.4. The van der Waals surface area contributed by atoms with Crippen molar-refractivity contribution in [3.63, 3.8) is 0 Å². The average Bonchev–Trinajstić information content (AvgIpc) is 3.37. The maximum Gasteiger partial charge on any atom is 0.324 e. The fraction of sp³-hybridized carbons (Fsp3) is 0.667. The summed E-state index contributed by atoms with van der Waals surface area (Å²) in [5.74, 6) is -2.04. The van der Waals surface area contributed by atoms with Gasteiger partial charge >= 0.3 is 11.9 Å². The number of nitrogens with two attached hydrogens (primary N) is 1. The highest BCUT2D eigenvalue weighted by molar-refractivity contribution is 5.33. The van der Waals surface area contributed by atoms with Gasteiger partial charge in [0, 0.05) is 39.1 Å². The van der Waals surface area contributed by atoms with Crippen LogP contribution in [0.2, 0.25) is 0 Å². The molecule has 11 heteroatoms. The summed E-state index contributed by atoms with van der Waals surface area (Å²) in [6.45, 7) is 4.24. The zero-order valence-corrected chi connectivity index (χ0v) is 16.3. The molecule has 2 aromatic rings. The van der Waals surface area contributed by atoms with Gasteiger partial charge in [0.1, 0.15) is 0 Å². The monoisotopic (exact) mass is 409 g/mol. The van der Waals surface area contributed by atoms with E-state index in [0.29, 0.717) is 37.3 Å². The molecular weight excluding hydrogens is 384 g/mol. The van der Waals surface area contributed by atoms with E-state index in [2.05, 4.69) is 25.0 Å². The molecule has 29 heavy (non-hydrogen) atoms. The van der Waals surface area contributed by atoms with Crippen LogP contribution >= 0.6 is 0 Å². The molecule has 0 spiro atoms. The second kappa shape index (κ2) is 8.05. The lowest BCUT2D eigenvalue weighted by molar-refractivity contribution is 0.00559. The molecule has 2 aliphatic rings. The maximum atomic E-state index is 13.3. The lowest BCUT2D eigenvalue weighted by atomic mass is 9.98. The van der Waals surface area contributed by atoms with Crippen LogP contribution in [-0.2, 0) is 5.92 Å². The lowest BCUT2D eigenvalue weighted by Gasteiger charge is -2.30. The summed E-state index contributed by atoms with van der Waals surface area (Å²) in [4.78, 5) is 16.4. The zero-order valence-electron chi connectivity index (χ0n) is 16.3. The molecule has 0 amide bonds. The molecule has 0 aliphatic carbocycles. The first kappa shape index (κ1) is 19.7. The highest BCUT2D eigenvalue weighted by atomic mass is 19.3. The molecule has 0 saturated carbocycles. The number of nitrogens with zero attached hydrogens (tertiary/aromatic N) is 6. The third kappa shape index (κ3) is 4.72. The number of hydrogen-bond acceptors (Lipinski definition) is 9. The molecule has 4 rings (SSSR count). The van der Waals surface area contributed by atoms with Crippen molar-refractivity contribution in [3.8, 4) is 5.75 Å². The molecule has 2 fully saturated rings. The van der Waals surface area contributed by atoms with Crippen LogP contribution in [-0.4, -0.2) is 58.9 Å². The molecule has 2 saturated heterocycles. The molecule has 4 heterocycles. The number of aromatic nitrogens is 4. The number of hydrogen-bond donors (Lipinski definition) is 1. The molecule has 0 bridgehead atoms. The van der Waals surface area contributed by atoms with Crippen LogP contribution in [0, 0.1) is 5.92 Å². The standard InChI is InChI=1S/C18H25F2N7O2/c1-18(19,20)15-24-17(29-25-15)26-5-2-12(3-6-26)11-28-14-8-22-16(23-9-14)27-7-4-13(21)10-27/h8-9,12-13H,2-7,10-11,21H2,1H3. The first-order valence-corrected chi connectivity index (χ1v) is 9.81. The van der Waals surface area contributed by atoms with E-state index >= 15 is 0 Å². The van der Waals surface area contributed by atoms with Crippen molar-refractivity contribution in [3.05, 3.63) is 18.2 Å². The topological polar surface area (TPSA) is 106 Å². The van der Waals surface area contributed by atoms with Gasteiger partial charge in [-0.1, -0.05) is 5.16 Å². The number of piperidine rings is 1. The summed E-state index contributed by atoms with van der Waals surface area (Å²) in [6, 6.07) is 0.323. The van der Waals surface area contributed by atoms with Gasteiger partial charge in [-0.2, -0.15) is 13.8 Å². The van der Waals surface area contributed by atoms with E-state index in [9.17, 15) is 8.78 Å². The van der Waals surface area contributed by atoms with Gasteiger partial charge in [0.15, 0.2) is 5.75 Å². The Morgan fingerprint density at radius 3 is 2.45 bits per heavy atom. The predicted molar refractivity (Wildman–Crippen MR) is 101 cm³/mol. The third-order valence-corrected chi connectivity index (χ3v) is 5.30. The summed E-state index contributed by atoms with van der Waals surface area (Å²) in [5.41, 5.74) is 5.92. The molecule has 0 radical (unpaired) electrons. The minimum Gasteiger partial charge on any atom is -0.490 e. The van der Waals surface area contributed by atoms with E-state index in [-0.39, 0.29) is 12.1 Å². The molecule has 1 atom stereocenters. The highest BCUT2D eigenvalue weighted by Gasteiger charge is 2.33. The van der Waals surface area contributed by atoms with Crippen LogP contribution in [0.1, 0.15) is 32.0 Å². The van der Waals surface area contributed by atoms with E-state index in [1.54, 1.807) is 12.4 Å². The highest BCUT2D eigenvalue weighted by Crippen LogP contribution is 2.28. The van der Waals surface area contributed by atoms with E-state index in [1.807, 2.05) is 4.90 Å². The third-order valence-electron chi connectivity index (χ3n) is 5.30. The van der Waals surface area contributed by atoms with E-state index in [1.165, 1.54) is 0 Å². The minimum absolute atomic E-state index is 0.145. The molecular formula is C18H25F2N7O2. The Hall–Kier alpha value is -2.56. The summed E-state index contributed by atoms with van der Waals surface area (Å²) < 4.78 is 37.3.